The molecule has 0 atom stereocenters. The van der Waals surface area contributed by atoms with E-state index in [0.717, 1.165) is 11.3 Å². The van der Waals surface area contributed by atoms with E-state index in [-0.39, 0.29) is 5.91 Å². The van der Waals surface area contributed by atoms with Crippen molar-refractivity contribution in [2.75, 3.05) is 6.54 Å². The fourth-order valence-electron chi connectivity index (χ4n) is 1.78. The summed E-state index contributed by atoms with van der Waals surface area (Å²) in [5, 5.41) is 5.96. The second kappa shape index (κ2) is 7.40. The first-order chi connectivity index (χ1) is 9.74. The molecule has 1 amide bonds. The van der Waals surface area contributed by atoms with Crippen molar-refractivity contribution in [3.8, 4) is 0 Å². The van der Waals surface area contributed by atoms with Gasteiger partial charge in [-0.1, -0.05) is 35.9 Å². The highest BCUT2D eigenvalue weighted by Crippen LogP contribution is 2.02. The summed E-state index contributed by atoms with van der Waals surface area (Å²) in [6.07, 6.45) is 1.74. The molecule has 0 saturated carbocycles. The van der Waals surface area contributed by atoms with Crippen LogP contribution in [0.2, 0.25) is 0 Å². The molecule has 2 aromatic rings. The molecule has 4 heteroatoms. The number of hydrogen-bond acceptors (Lipinski definition) is 3. The maximum absolute atomic E-state index is 11.7. The smallest absolute Gasteiger partial charge is 0.234 e. The van der Waals surface area contributed by atoms with Crippen LogP contribution in [0.15, 0.2) is 48.7 Å². The number of pyridine rings is 1. The summed E-state index contributed by atoms with van der Waals surface area (Å²) in [7, 11) is 0. The van der Waals surface area contributed by atoms with Crippen molar-refractivity contribution in [3.05, 3.63) is 65.5 Å². The number of aryl methyl sites for hydroxylation is 1. The average Bonchev–Trinajstić information content (AvgIpc) is 2.48. The van der Waals surface area contributed by atoms with E-state index in [1.165, 1.54) is 5.56 Å². The minimum atomic E-state index is -0.0125. The molecule has 0 bridgehead atoms. The Labute approximate surface area is 119 Å². The van der Waals surface area contributed by atoms with Crippen molar-refractivity contribution in [1.29, 1.82) is 0 Å². The Balaban J connectivity index is 1.67. The molecule has 0 spiro atoms. The molecule has 0 aliphatic carbocycles. The summed E-state index contributed by atoms with van der Waals surface area (Å²) in [5.41, 5.74) is 3.25. The van der Waals surface area contributed by atoms with Crippen molar-refractivity contribution in [2.24, 2.45) is 0 Å². The molecular weight excluding hydrogens is 250 g/mol. The molecular formula is C16H19N3O. The summed E-state index contributed by atoms with van der Waals surface area (Å²) in [6, 6.07) is 13.9. The van der Waals surface area contributed by atoms with Crippen LogP contribution in [0.3, 0.4) is 0 Å². The van der Waals surface area contributed by atoms with Gasteiger partial charge in [-0.2, -0.15) is 0 Å². The molecule has 0 unspecified atom stereocenters. The summed E-state index contributed by atoms with van der Waals surface area (Å²) < 4.78 is 0. The van der Waals surface area contributed by atoms with Gasteiger partial charge in [0.1, 0.15) is 0 Å². The highest BCUT2D eigenvalue weighted by Gasteiger charge is 2.01. The van der Waals surface area contributed by atoms with Gasteiger partial charge in [-0.3, -0.25) is 9.78 Å². The van der Waals surface area contributed by atoms with Gasteiger partial charge in [0.05, 0.1) is 12.2 Å². The highest BCUT2D eigenvalue weighted by molar-refractivity contribution is 5.77. The van der Waals surface area contributed by atoms with Gasteiger partial charge in [0.2, 0.25) is 5.91 Å². The van der Waals surface area contributed by atoms with Crippen LogP contribution in [-0.4, -0.2) is 17.4 Å². The largest absolute Gasteiger partial charge is 0.351 e. The number of carbonyl (C=O) groups is 1. The van der Waals surface area contributed by atoms with Gasteiger partial charge in [0.15, 0.2) is 0 Å². The Morgan fingerprint density at radius 2 is 1.90 bits per heavy atom. The number of nitrogens with zero attached hydrogens (tertiary/aromatic N) is 1. The zero-order valence-electron chi connectivity index (χ0n) is 11.6. The second-order valence-electron chi connectivity index (χ2n) is 4.69. The van der Waals surface area contributed by atoms with Gasteiger partial charge in [-0.25, -0.2) is 0 Å². The average molecular weight is 269 g/mol. The lowest BCUT2D eigenvalue weighted by molar-refractivity contribution is -0.120. The van der Waals surface area contributed by atoms with E-state index >= 15 is 0 Å². The highest BCUT2D eigenvalue weighted by atomic mass is 16.1. The van der Waals surface area contributed by atoms with Crippen molar-refractivity contribution in [2.45, 2.75) is 20.0 Å². The lowest BCUT2D eigenvalue weighted by Gasteiger charge is -2.07. The van der Waals surface area contributed by atoms with Crippen LogP contribution in [0.1, 0.15) is 16.8 Å². The summed E-state index contributed by atoms with van der Waals surface area (Å²) in [5.74, 6) is -0.0125. The van der Waals surface area contributed by atoms with Crippen LogP contribution in [0.4, 0.5) is 0 Å². The molecule has 0 saturated heterocycles. The zero-order valence-corrected chi connectivity index (χ0v) is 11.6. The molecule has 0 radical (unpaired) electrons. The molecule has 0 aliphatic heterocycles. The first kappa shape index (κ1) is 14.2. The monoisotopic (exact) mass is 269 g/mol. The molecule has 2 rings (SSSR count). The van der Waals surface area contributed by atoms with Gasteiger partial charge < -0.3 is 10.6 Å². The van der Waals surface area contributed by atoms with Crippen LogP contribution in [0.5, 0.6) is 0 Å². The van der Waals surface area contributed by atoms with E-state index in [0.29, 0.717) is 19.6 Å². The number of hydrogen-bond donors (Lipinski definition) is 2. The van der Waals surface area contributed by atoms with Gasteiger partial charge in [0, 0.05) is 19.3 Å². The van der Waals surface area contributed by atoms with E-state index < -0.39 is 0 Å². The number of carbonyl (C=O) groups excluding carboxylic acids is 1. The van der Waals surface area contributed by atoms with E-state index in [1.807, 2.05) is 49.4 Å². The van der Waals surface area contributed by atoms with Gasteiger partial charge in [0.25, 0.3) is 0 Å². The fraction of sp³-hybridized carbons (Fsp3) is 0.250. The van der Waals surface area contributed by atoms with Gasteiger partial charge >= 0.3 is 0 Å². The SMILES string of the molecule is Cc1ccc(CNC(=O)CNCc2ccccn2)cc1. The van der Waals surface area contributed by atoms with E-state index in [9.17, 15) is 4.79 Å². The molecule has 104 valence electrons. The fourth-order valence-corrected chi connectivity index (χ4v) is 1.78. The molecule has 20 heavy (non-hydrogen) atoms. The van der Waals surface area contributed by atoms with Gasteiger partial charge in [-0.05, 0) is 24.6 Å². The first-order valence-corrected chi connectivity index (χ1v) is 6.67. The Morgan fingerprint density at radius 1 is 1.10 bits per heavy atom. The molecule has 0 fully saturated rings. The number of rotatable bonds is 6. The van der Waals surface area contributed by atoms with Crippen LogP contribution in [-0.2, 0) is 17.9 Å². The summed E-state index contributed by atoms with van der Waals surface area (Å²) >= 11 is 0. The molecule has 0 aliphatic rings. The maximum Gasteiger partial charge on any atom is 0.234 e. The second-order valence-corrected chi connectivity index (χ2v) is 4.69. The van der Waals surface area contributed by atoms with Crippen molar-refractivity contribution in [1.82, 2.24) is 15.6 Å². The third-order valence-corrected chi connectivity index (χ3v) is 2.93. The zero-order chi connectivity index (χ0) is 14.2. The number of aromatic nitrogens is 1. The van der Waals surface area contributed by atoms with Gasteiger partial charge in [-0.15, -0.1) is 0 Å². The van der Waals surface area contributed by atoms with Crippen LogP contribution in [0, 0.1) is 6.92 Å². The Bertz CT molecular complexity index is 537. The maximum atomic E-state index is 11.7. The predicted octanol–water partition coefficient (Wildman–Crippen LogP) is 1.80. The number of benzene rings is 1. The topological polar surface area (TPSA) is 54.0 Å². The lowest BCUT2D eigenvalue weighted by atomic mass is 10.1. The molecule has 2 N–H and O–H groups in total. The van der Waals surface area contributed by atoms with E-state index in [2.05, 4.69) is 15.6 Å². The van der Waals surface area contributed by atoms with E-state index in [1.54, 1.807) is 6.20 Å². The Hall–Kier alpha value is -2.20. The molecule has 1 heterocycles. The molecule has 1 aromatic carbocycles. The first-order valence-electron chi connectivity index (χ1n) is 6.67. The lowest BCUT2D eigenvalue weighted by Crippen LogP contribution is -2.33. The third-order valence-electron chi connectivity index (χ3n) is 2.93. The number of nitrogens with one attached hydrogen (secondary N) is 2. The quantitative estimate of drug-likeness (QED) is 0.840. The van der Waals surface area contributed by atoms with Crippen LogP contribution < -0.4 is 10.6 Å². The minimum absolute atomic E-state index is 0.0125. The van der Waals surface area contributed by atoms with Crippen LogP contribution in [0.25, 0.3) is 0 Å². The molecule has 4 nitrogen and oxygen atoms in total. The van der Waals surface area contributed by atoms with Crippen LogP contribution >= 0.6 is 0 Å². The summed E-state index contributed by atoms with van der Waals surface area (Å²) in [4.78, 5) is 15.9. The standard InChI is InChI=1S/C16H19N3O/c1-13-5-7-14(8-6-13)10-19-16(20)12-17-11-15-4-2-3-9-18-15/h2-9,17H,10-12H2,1H3,(H,19,20). The van der Waals surface area contributed by atoms with Crippen molar-refractivity contribution in [3.63, 3.8) is 0 Å². The van der Waals surface area contributed by atoms with E-state index in [4.69, 9.17) is 0 Å². The molecule has 1 aromatic heterocycles. The van der Waals surface area contributed by atoms with Crippen molar-refractivity contribution < 1.29 is 4.79 Å². The predicted molar refractivity (Wildman–Crippen MR) is 79.0 cm³/mol. The minimum Gasteiger partial charge on any atom is -0.351 e. The normalized spacial score (nSPS) is 10.2. The summed E-state index contributed by atoms with van der Waals surface area (Å²) in [6.45, 7) is 3.50. The Kier molecular flexibility index (Phi) is 5.26. The van der Waals surface area contributed by atoms with Crippen molar-refractivity contribution >= 4 is 5.91 Å². The number of amides is 1. The Morgan fingerprint density at radius 3 is 2.60 bits per heavy atom. The third kappa shape index (κ3) is 4.82.